The topological polar surface area (TPSA) is 80.2 Å². The lowest BCUT2D eigenvalue weighted by atomic mass is 10.1. The number of methoxy groups -OCH3 is 1. The van der Waals surface area contributed by atoms with E-state index in [0.29, 0.717) is 23.8 Å². The average molecular weight is 418 g/mol. The summed E-state index contributed by atoms with van der Waals surface area (Å²) in [5.74, 6) is 1.23. The fourth-order valence-electron chi connectivity index (χ4n) is 4.09. The molecule has 0 saturated carbocycles. The zero-order chi connectivity index (χ0) is 22.0. The van der Waals surface area contributed by atoms with E-state index in [1.54, 1.807) is 13.2 Å². The molecule has 1 aliphatic rings. The summed E-state index contributed by atoms with van der Waals surface area (Å²) in [4.78, 5) is 28.8. The number of ether oxygens (including phenoxy) is 1. The average Bonchev–Trinajstić information content (AvgIpc) is 3.22. The number of nitrogens with one attached hydrogen (secondary N) is 1. The van der Waals surface area contributed by atoms with E-state index in [1.807, 2.05) is 62.1 Å². The highest BCUT2D eigenvalue weighted by Crippen LogP contribution is 2.34. The molecule has 1 aromatic carbocycles. The molecule has 3 heterocycles. The lowest BCUT2D eigenvalue weighted by molar-refractivity contribution is 0.0732. The summed E-state index contributed by atoms with van der Waals surface area (Å²) in [5.41, 5.74) is 5.07. The molecule has 1 amide bonds. The van der Waals surface area contributed by atoms with Crippen LogP contribution in [0.3, 0.4) is 0 Å². The van der Waals surface area contributed by atoms with Gasteiger partial charge in [0.2, 0.25) is 5.95 Å². The number of hydrogen-bond acceptors (Lipinski definition) is 6. The summed E-state index contributed by atoms with van der Waals surface area (Å²) < 4.78 is 5.28. The number of aromatic nitrogens is 3. The smallest absolute Gasteiger partial charge is 0.254 e. The number of likely N-dealkylation sites (tertiary alicyclic amines) is 1. The molecular weight excluding hydrogens is 390 g/mol. The van der Waals surface area contributed by atoms with E-state index in [2.05, 4.69) is 15.3 Å². The molecule has 1 saturated heterocycles. The van der Waals surface area contributed by atoms with Gasteiger partial charge in [0.1, 0.15) is 5.75 Å². The van der Waals surface area contributed by atoms with Gasteiger partial charge in [0, 0.05) is 34.9 Å². The summed E-state index contributed by atoms with van der Waals surface area (Å²) in [7, 11) is 1.60. The molecule has 1 aliphatic heterocycles. The number of aryl methyl sites for hydroxylation is 3. The molecule has 0 aliphatic carbocycles. The van der Waals surface area contributed by atoms with Crippen molar-refractivity contribution in [3.05, 3.63) is 70.8 Å². The monoisotopic (exact) mass is 417 g/mol. The highest BCUT2D eigenvalue weighted by Gasteiger charge is 2.32. The van der Waals surface area contributed by atoms with Gasteiger partial charge in [0.15, 0.2) is 0 Å². The van der Waals surface area contributed by atoms with Crippen LogP contribution in [0, 0.1) is 20.8 Å². The van der Waals surface area contributed by atoms with Crippen molar-refractivity contribution in [3.63, 3.8) is 0 Å². The molecular formula is C24H27N5O2. The van der Waals surface area contributed by atoms with Gasteiger partial charge in [0.25, 0.3) is 5.91 Å². The Hall–Kier alpha value is -3.48. The minimum absolute atomic E-state index is 0.00291. The van der Waals surface area contributed by atoms with E-state index in [-0.39, 0.29) is 11.9 Å². The minimum atomic E-state index is -0.0701. The Balaban J connectivity index is 1.61. The predicted molar refractivity (Wildman–Crippen MR) is 120 cm³/mol. The third-order valence-corrected chi connectivity index (χ3v) is 5.38. The largest absolute Gasteiger partial charge is 0.497 e. The molecule has 2 aromatic heterocycles. The molecule has 31 heavy (non-hydrogen) atoms. The first-order valence-electron chi connectivity index (χ1n) is 10.5. The van der Waals surface area contributed by atoms with Gasteiger partial charge < -0.3 is 15.0 Å². The Labute approximate surface area is 182 Å². The van der Waals surface area contributed by atoms with Crippen molar-refractivity contribution in [2.45, 2.75) is 39.7 Å². The van der Waals surface area contributed by atoms with Crippen LogP contribution in [0.15, 0.2) is 42.5 Å². The highest BCUT2D eigenvalue weighted by atomic mass is 16.5. The van der Waals surface area contributed by atoms with Crippen LogP contribution in [0.2, 0.25) is 0 Å². The second kappa shape index (κ2) is 8.71. The fourth-order valence-corrected chi connectivity index (χ4v) is 4.09. The van der Waals surface area contributed by atoms with Gasteiger partial charge in [-0.3, -0.25) is 9.78 Å². The van der Waals surface area contributed by atoms with Crippen molar-refractivity contribution < 1.29 is 9.53 Å². The van der Waals surface area contributed by atoms with E-state index < -0.39 is 0 Å². The van der Waals surface area contributed by atoms with Crippen molar-refractivity contribution in [2.24, 2.45) is 0 Å². The number of carbonyl (C=O) groups is 1. The van der Waals surface area contributed by atoms with Gasteiger partial charge in [-0.1, -0.05) is 6.07 Å². The summed E-state index contributed by atoms with van der Waals surface area (Å²) >= 11 is 0. The Morgan fingerprint density at radius 3 is 2.52 bits per heavy atom. The van der Waals surface area contributed by atoms with Crippen molar-refractivity contribution in [2.75, 3.05) is 19.0 Å². The molecule has 0 spiro atoms. The van der Waals surface area contributed by atoms with Crippen molar-refractivity contribution in [3.8, 4) is 5.75 Å². The maximum absolute atomic E-state index is 13.2. The summed E-state index contributed by atoms with van der Waals surface area (Å²) in [5, 5.41) is 3.30. The number of hydrogen-bond donors (Lipinski definition) is 1. The molecule has 1 N–H and O–H groups in total. The van der Waals surface area contributed by atoms with E-state index in [0.717, 1.165) is 41.3 Å². The van der Waals surface area contributed by atoms with Crippen molar-refractivity contribution in [1.29, 1.82) is 0 Å². The van der Waals surface area contributed by atoms with Crippen LogP contribution >= 0.6 is 0 Å². The minimum Gasteiger partial charge on any atom is -0.497 e. The van der Waals surface area contributed by atoms with Gasteiger partial charge >= 0.3 is 0 Å². The molecule has 160 valence electrons. The van der Waals surface area contributed by atoms with Crippen LogP contribution < -0.4 is 10.1 Å². The first-order valence-corrected chi connectivity index (χ1v) is 10.5. The van der Waals surface area contributed by atoms with Gasteiger partial charge in [-0.15, -0.1) is 0 Å². The standard InChI is InChI=1S/C24H27N5O2/c1-15-11-16(2)27-24(26-15)28-19-12-17(3)25-21(14-19)22-9-6-10-29(22)23(30)18-7-5-8-20(13-18)31-4/h5,7-8,11-14,22H,6,9-10H2,1-4H3,(H,25,26,27,28)/t22-/m0/s1. The number of carbonyl (C=O) groups excluding carboxylic acids is 1. The first-order chi connectivity index (χ1) is 14.9. The summed E-state index contributed by atoms with van der Waals surface area (Å²) in [6.07, 6.45) is 1.82. The molecule has 1 atom stereocenters. The molecule has 7 nitrogen and oxygen atoms in total. The van der Waals surface area contributed by atoms with Crippen molar-refractivity contribution in [1.82, 2.24) is 19.9 Å². The molecule has 1 fully saturated rings. The summed E-state index contributed by atoms with van der Waals surface area (Å²) in [6.45, 7) is 6.56. The van der Waals surface area contributed by atoms with Crippen LogP contribution in [-0.2, 0) is 0 Å². The predicted octanol–water partition coefficient (Wildman–Crippen LogP) is 4.53. The van der Waals surface area contributed by atoms with Crippen LogP contribution in [0.1, 0.15) is 52.0 Å². The van der Waals surface area contributed by atoms with E-state index >= 15 is 0 Å². The van der Waals surface area contributed by atoms with E-state index in [9.17, 15) is 4.79 Å². The molecule has 3 aromatic rings. The molecule has 0 unspecified atom stereocenters. The number of rotatable bonds is 5. The molecule has 4 rings (SSSR count). The number of benzene rings is 1. The number of nitrogens with zero attached hydrogens (tertiary/aromatic N) is 4. The SMILES string of the molecule is COc1cccc(C(=O)N2CCC[C@H]2c2cc(Nc3nc(C)cc(C)n3)cc(C)n2)c1. The van der Waals surface area contributed by atoms with E-state index in [4.69, 9.17) is 9.72 Å². The first kappa shape index (κ1) is 20.8. The maximum Gasteiger partial charge on any atom is 0.254 e. The molecule has 7 heteroatoms. The quantitative estimate of drug-likeness (QED) is 0.657. The molecule has 0 bridgehead atoms. The van der Waals surface area contributed by atoms with Crippen molar-refractivity contribution >= 4 is 17.5 Å². The zero-order valence-corrected chi connectivity index (χ0v) is 18.3. The third-order valence-electron chi connectivity index (χ3n) is 5.38. The normalized spacial score (nSPS) is 15.7. The third kappa shape index (κ3) is 4.66. The Morgan fingerprint density at radius 2 is 1.77 bits per heavy atom. The Kier molecular flexibility index (Phi) is 5.84. The van der Waals surface area contributed by atoms with Crippen LogP contribution in [-0.4, -0.2) is 39.4 Å². The van der Waals surface area contributed by atoms with Crippen LogP contribution in [0.4, 0.5) is 11.6 Å². The fraction of sp³-hybridized carbons (Fsp3) is 0.333. The van der Waals surface area contributed by atoms with E-state index in [1.165, 1.54) is 0 Å². The lowest BCUT2D eigenvalue weighted by Crippen LogP contribution is -2.31. The summed E-state index contributed by atoms with van der Waals surface area (Å²) in [6, 6.07) is 13.1. The number of amides is 1. The second-order valence-electron chi connectivity index (χ2n) is 7.91. The van der Waals surface area contributed by atoms with Gasteiger partial charge in [0.05, 0.1) is 18.8 Å². The van der Waals surface area contributed by atoms with Gasteiger partial charge in [-0.2, -0.15) is 0 Å². The lowest BCUT2D eigenvalue weighted by Gasteiger charge is -2.25. The highest BCUT2D eigenvalue weighted by molar-refractivity contribution is 5.95. The van der Waals surface area contributed by atoms with Gasteiger partial charge in [-0.25, -0.2) is 9.97 Å². The molecule has 0 radical (unpaired) electrons. The number of anilines is 2. The Morgan fingerprint density at radius 1 is 1.03 bits per heavy atom. The zero-order valence-electron chi connectivity index (χ0n) is 18.3. The second-order valence-corrected chi connectivity index (χ2v) is 7.91. The number of pyridine rings is 1. The van der Waals surface area contributed by atoms with Crippen LogP contribution in [0.25, 0.3) is 0 Å². The van der Waals surface area contributed by atoms with Gasteiger partial charge in [-0.05, 0) is 70.0 Å². The van der Waals surface area contributed by atoms with Crippen LogP contribution in [0.5, 0.6) is 5.75 Å². The maximum atomic E-state index is 13.2. The Bertz CT molecular complexity index is 1090.